The third-order valence-electron chi connectivity index (χ3n) is 2.58. The minimum atomic E-state index is 0. The third kappa shape index (κ3) is 4.05. The van der Waals surface area contributed by atoms with Crippen LogP contribution in [0.1, 0.15) is 13.3 Å². The number of halogens is 1. The number of ether oxygens (including phenoxy) is 1. The van der Waals surface area contributed by atoms with Crippen LogP contribution in [0, 0.1) is 0 Å². The summed E-state index contributed by atoms with van der Waals surface area (Å²) in [6, 6.07) is 7.94. The molecule has 0 aromatic heterocycles. The first kappa shape index (κ1) is 15.6. The first-order valence-corrected chi connectivity index (χ1v) is 6.94. The van der Waals surface area contributed by atoms with Gasteiger partial charge in [-0.25, -0.2) is 4.99 Å². The van der Waals surface area contributed by atoms with Gasteiger partial charge in [-0.05, 0) is 25.5 Å². The number of thioether (sulfide) groups is 1. The van der Waals surface area contributed by atoms with E-state index in [0.717, 1.165) is 28.9 Å². The molecule has 3 nitrogen and oxygen atoms in total. The molecule has 100 valence electrons. The number of nitrogens with zero attached hydrogens (tertiary/aromatic N) is 2. The maximum Gasteiger partial charge on any atom is 0.164 e. The quantitative estimate of drug-likeness (QED) is 0.749. The first-order valence-electron chi connectivity index (χ1n) is 5.95. The minimum absolute atomic E-state index is 0. The maximum absolute atomic E-state index is 5.58. The largest absolute Gasteiger partial charge is 0.492 e. The van der Waals surface area contributed by atoms with Crippen molar-refractivity contribution in [1.29, 1.82) is 0 Å². The zero-order valence-electron chi connectivity index (χ0n) is 10.8. The smallest absolute Gasteiger partial charge is 0.164 e. The molecular weight excluding hydrogens is 359 g/mol. The number of amidine groups is 1. The van der Waals surface area contributed by atoms with E-state index in [9.17, 15) is 0 Å². The predicted molar refractivity (Wildman–Crippen MR) is 89.8 cm³/mol. The van der Waals surface area contributed by atoms with Gasteiger partial charge in [0.15, 0.2) is 5.17 Å². The van der Waals surface area contributed by atoms with Crippen LogP contribution < -0.4 is 4.74 Å². The number of hydrogen-bond acceptors (Lipinski definition) is 3. The lowest BCUT2D eigenvalue weighted by atomic mass is 10.3. The van der Waals surface area contributed by atoms with E-state index in [2.05, 4.69) is 11.9 Å². The van der Waals surface area contributed by atoms with Crippen LogP contribution in [0.25, 0.3) is 0 Å². The van der Waals surface area contributed by atoms with Gasteiger partial charge in [-0.15, -0.1) is 24.0 Å². The summed E-state index contributed by atoms with van der Waals surface area (Å²) in [6.45, 7) is 3.75. The summed E-state index contributed by atoms with van der Waals surface area (Å²) in [5, 5.41) is 1.09. The monoisotopic (exact) mass is 378 g/mol. The van der Waals surface area contributed by atoms with Crippen LogP contribution >= 0.6 is 35.7 Å². The summed E-state index contributed by atoms with van der Waals surface area (Å²) >= 11 is 1.81. The van der Waals surface area contributed by atoms with Gasteiger partial charge in [0.1, 0.15) is 11.4 Å². The zero-order valence-corrected chi connectivity index (χ0v) is 13.9. The molecule has 0 atom stereocenters. The van der Waals surface area contributed by atoms with E-state index in [1.165, 1.54) is 6.42 Å². The van der Waals surface area contributed by atoms with E-state index in [4.69, 9.17) is 9.73 Å². The van der Waals surface area contributed by atoms with Gasteiger partial charge in [-0.1, -0.05) is 23.9 Å². The Kier molecular flexibility index (Phi) is 6.85. The lowest BCUT2D eigenvalue weighted by molar-refractivity contribution is 0.341. The molecule has 2 rings (SSSR count). The third-order valence-corrected chi connectivity index (χ3v) is 3.73. The second kappa shape index (κ2) is 7.89. The molecule has 0 bridgehead atoms. The number of rotatable bonds is 3. The highest BCUT2D eigenvalue weighted by Gasteiger charge is 2.13. The molecule has 0 spiro atoms. The highest BCUT2D eigenvalue weighted by atomic mass is 127. The molecule has 0 saturated carbocycles. The highest BCUT2D eigenvalue weighted by molar-refractivity contribution is 14.0. The Morgan fingerprint density at radius 1 is 1.39 bits per heavy atom. The van der Waals surface area contributed by atoms with Crippen molar-refractivity contribution in [2.24, 2.45) is 4.99 Å². The van der Waals surface area contributed by atoms with Crippen molar-refractivity contribution in [2.75, 3.05) is 26.0 Å². The van der Waals surface area contributed by atoms with E-state index in [1.807, 2.05) is 43.0 Å². The molecule has 5 heteroatoms. The summed E-state index contributed by atoms with van der Waals surface area (Å²) in [5.74, 6) is 2.02. The molecular formula is C13H19IN2OS. The van der Waals surface area contributed by atoms with Crippen molar-refractivity contribution in [3.63, 3.8) is 0 Å². The molecule has 0 aliphatic carbocycles. The summed E-state index contributed by atoms with van der Waals surface area (Å²) in [4.78, 5) is 6.90. The Hall–Kier alpha value is -0.430. The molecule has 18 heavy (non-hydrogen) atoms. The Balaban J connectivity index is 0.00000162. The van der Waals surface area contributed by atoms with Gasteiger partial charge >= 0.3 is 0 Å². The molecule has 0 unspecified atom stereocenters. The van der Waals surface area contributed by atoms with Crippen molar-refractivity contribution in [1.82, 2.24) is 4.90 Å². The van der Waals surface area contributed by atoms with Crippen molar-refractivity contribution in [3.8, 4) is 5.75 Å². The van der Waals surface area contributed by atoms with E-state index in [-0.39, 0.29) is 24.0 Å². The van der Waals surface area contributed by atoms with Gasteiger partial charge in [0, 0.05) is 19.3 Å². The van der Waals surface area contributed by atoms with E-state index >= 15 is 0 Å². The lowest BCUT2D eigenvalue weighted by Crippen LogP contribution is -2.29. The molecule has 0 amide bonds. The molecule has 1 heterocycles. The van der Waals surface area contributed by atoms with Gasteiger partial charge in [0.05, 0.1) is 6.61 Å². The van der Waals surface area contributed by atoms with E-state index in [0.29, 0.717) is 6.61 Å². The van der Waals surface area contributed by atoms with Crippen molar-refractivity contribution in [2.45, 2.75) is 13.3 Å². The van der Waals surface area contributed by atoms with Gasteiger partial charge in [-0.2, -0.15) is 0 Å². The molecule has 1 aromatic rings. The molecule has 0 N–H and O–H groups in total. The maximum atomic E-state index is 5.58. The number of benzene rings is 1. The van der Waals surface area contributed by atoms with Crippen molar-refractivity contribution in [3.05, 3.63) is 24.3 Å². The Morgan fingerprint density at radius 3 is 2.89 bits per heavy atom. The van der Waals surface area contributed by atoms with Crippen LogP contribution in [0.2, 0.25) is 0 Å². The van der Waals surface area contributed by atoms with E-state index in [1.54, 1.807) is 0 Å². The fourth-order valence-electron chi connectivity index (χ4n) is 1.72. The van der Waals surface area contributed by atoms with Crippen LogP contribution in [-0.4, -0.2) is 36.0 Å². The SMILES string of the molecule is CCOc1ccccc1N=C1SCCCN1C.I. The summed E-state index contributed by atoms with van der Waals surface area (Å²) in [5.41, 5.74) is 0.922. The molecule has 1 aliphatic heterocycles. The molecule has 1 fully saturated rings. The predicted octanol–water partition coefficient (Wildman–Crippen LogP) is 3.76. The summed E-state index contributed by atoms with van der Waals surface area (Å²) in [7, 11) is 2.09. The zero-order chi connectivity index (χ0) is 12.1. The lowest BCUT2D eigenvalue weighted by Gasteiger charge is -2.25. The van der Waals surface area contributed by atoms with Crippen LogP contribution in [0.3, 0.4) is 0 Å². The number of aliphatic imine (C=N–C) groups is 1. The van der Waals surface area contributed by atoms with Crippen molar-refractivity contribution >= 4 is 46.6 Å². The van der Waals surface area contributed by atoms with Gasteiger partial charge in [0.25, 0.3) is 0 Å². The molecule has 1 saturated heterocycles. The van der Waals surface area contributed by atoms with Gasteiger partial charge in [-0.3, -0.25) is 0 Å². The van der Waals surface area contributed by atoms with Crippen molar-refractivity contribution < 1.29 is 4.74 Å². The Labute approximate surface area is 130 Å². The first-order chi connectivity index (χ1) is 8.31. The van der Waals surface area contributed by atoms with Crippen LogP contribution in [0.5, 0.6) is 5.75 Å². The molecule has 1 aromatic carbocycles. The Bertz CT molecular complexity index is 412. The fraction of sp³-hybridized carbons (Fsp3) is 0.462. The number of hydrogen-bond donors (Lipinski definition) is 0. The average Bonchev–Trinajstić information content (AvgIpc) is 2.35. The topological polar surface area (TPSA) is 24.8 Å². The second-order valence-electron chi connectivity index (χ2n) is 3.92. The van der Waals surface area contributed by atoms with Crippen LogP contribution in [0.15, 0.2) is 29.3 Å². The fourth-order valence-corrected chi connectivity index (χ4v) is 2.65. The summed E-state index contributed by atoms with van der Waals surface area (Å²) in [6.07, 6.45) is 1.23. The van der Waals surface area contributed by atoms with E-state index < -0.39 is 0 Å². The Morgan fingerprint density at radius 2 is 2.17 bits per heavy atom. The highest BCUT2D eigenvalue weighted by Crippen LogP contribution is 2.29. The minimum Gasteiger partial charge on any atom is -0.492 e. The summed E-state index contributed by atoms with van der Waals surface area (Å²) < 4.78 is 5.58. The molecule has 0 radical (unpaired) electrons. The van der Waals surface area contributed by atoms with Gasteiger partial charge in [0.2, 0.25) is 0 Å². The van der Waals surface area contributed by atoms with Crippen LogP contribution in [0.4, 0.5) is 5.69 Å². The molecule has 1 aliphatic rings. The normalized spacial score (nSPS) is 17.4. The average molecular weight is 378 g/mol. The number of para-hydroxylation sites is 2. The van der Waals surface area contributed by atoms with Crippen LogP contribution in [-0.2, 0) is 0 Å². The second-order valence-corrected chi connectivity index (χ2v) is 4.98. The van der Waals surface area contributed by atoms with Gasteiger partial charge < -0.3 is 9.64 Å². The standard InChI is InChI=1S/C13H18N2OS.HI/c1-3-16-12-8-5-4-7-11(12)14-13-15(2)9-6-10-17-13;/h4-5,7-8H,3,6,9-10H2,1-2H3;1H.